The SMILES string of the molecule is O=C(C[NH2+]C1CCCCCC1)N1c2ccccc2CCc2ccccc21. The number of para-hydroxylation sites is 2. The summed E-state index contributed by atoms with van der Waals surface area (Å²) in [6.45, 7) is 0.535. The fourth-order valence-corrected chi connectivity index (χ4v) is 4.45. The van der Waals surface area contributed by atoms with Crippen molar-refractivity contribution in [2.75, 3.05) is 11.4 Å². The molecular formula is C23H29N2O+. The highest BCUT2D eigenvalue weighted by atomic mass is 16.2. The van der Waals surface area contributed by atoms with Gasteiger partial charge in [-0.15, -0.1) is 0 Å². The smallest absolute Gasteiger partial charge is 0.286 e. The average Bonchev–Trinajstić information content (AvgIpc) is 3.03. The number of benzene rings is 2. The maximum Gasteiger partial charge on any atom is 0.286 e. The van der Waals surface area contributed by atoms with E-state index < -0.39 is 0 Å². The second-order valence-electron chi connectivity index (χ2n) is 7.68. The van der Waals surface area contributed by atoms with E-state index in [0.29, 0.717) is 12.6 Å². The minimum atomic E-state index is 0.205. The minimum Gasteiger partial charge on any atom is -0.336 e. The third kappa shape index (κ3) is 3.68. The molecule has 1 amide bonds. The zero-order chi connectivity index (χ0) is 17.8. The number of carbonyl (C=O) groups is 1. The van der Waals surface area contributed by atoms with Crippen LogP contribution < -0.4 is 10.2 Å². The summed E-state index contributed by atoms with van der Waals surface area (Å²) >= 11 is 0. The van der Waals surface area contributed by atoms with E-state index in [1.54, 1.807) is 0 Å². The van der Waals surface area contributed by atoms with Crippen LogP contribution in [0.5, 0.6) is 0 Å². The predicted molar refractivity (Wildman–Crippen MR) is 106 cm³/mol. The zero-order valence-electron chi connectivity index (χ0n) is 15.5. The highest BCUT2D eigenvalue weighted by molar-refractivity contribution is 6.02. The number of quaternary nitrogens is 1. The van der Waals surface area contributed by atoms with Crippen LogP contribution in [-0.2, 0) is 17.6 Å². The molecular weight excluding hydrogens is 320 g/mol. The first-order valence-corrected chi connectivity index (χ1v) is 10.1. The number of aryl methyl sites for hydroxylation is 2. The molecule has 1 aliphatic carbocycles. The number of carbonyl (C=O) groups excluding carboxylic acids is 1. The lowest BCUT2D eigenvalue weighted by Crippen LogP contribution is -2.91. The first-order chi connectivity index (χ1) is 12.8. The van der Waals surface area contributed by atoms with Crippen molar-refractivity contribution in [3.63, 3.8) is 0 Å². The standard InChI is InChI=1S/C23H28N2O/c26-23(17-24-20-11-3-1-2-4-12-20)25-21-13-7-5-9-18(21)15-16-19-10-6-8-14-22(19)25/h5-10,13-14,20,24H,1-4,11-12,15-17H2/p+1. The normalized spacial score (nSPS) is 17.8. The minimum absolute atomic E-state index is 0.205. The Kier molecular flexibility index (Phi) is 5.35. The van der Waals surface area contributed by atoms with Crippen LogP contribution in [0.25, 0.3) is 0 Å². The lowest BCUT2D eigenvalue weighted by molar-refractivity contribution is -0.680. The summed E-state index contributed by atoms with van der Waals surface area (Å²) < 4.78 is 0. The van der Waals surface area contributed by atoms with Crippen molar-refractivity contribution in [1.82, 2.24) is 0 Å². The molecule has 3 nitrogen and oxygen atoms in total. The second kappa shape index (κ2) is 8.05. The fraction of sp³-hybridized carbons (Fsp3) is 0.435. The van der Waals surface area contributed by atoms with Crippen molar-refractivity contribution in [2.24, 2.45) is 0 Å². The third-order valence-electron chi connectivity index (χ3n) is 5.90. The van der Waals surface area contributed by atoms with Crippen LogP contribution in [0.3, 0.4) is 0 Å². The van der Waals surface area contributed by atoms with E-state index >= 15 is 0 Å². The summed E-state index contributed by atoms with van der Waals surface area (Å²) in [7, 11) is 0. The van der Waals surface area contributed by atoms with Crippen molar-refractivity contribution < 1.29 is 10.1 Å². The maximum atomic E-state index is 13.3. The highest BCUT2D eigenvalue weighted by Gasteiger charge is 2.27. The number of amides is 1. The van der Waals surface area contributed by atoms with Gasteiger partial charge in [-0.25, -0.2) is 0 Å². The van der Waals surface area contributed by atoms with Gasteiger partial charge in [0.2, 0.25) is 0 Å². The molecule has 0 saturated heterocycles. The van der Waals surface area contributed by atoms with Crippen LogP contribution in [0.4, 0.5) is 11.4 Å². The summed E-state index contributed by atoms with van der Waals surface area (Å²) in [5.74, 6) is 0.205. The monoisotopic (exact) mass is 349 g/mol. The van der Waals surface area contributed by atoms with Crippen molar-refractivity contribution in [3.05, 3.63) is 59.7 Å². The van der Waals surface area contributed by atoms with E-state index in [1.807, 2.05) is 17.0 Å². The van der Waals surface area contributed by atoms with Gasteiger partial charge in [-0.3, -0.25) is 9.69 Å². The van der Waals surface area contributed by atoms with Gasteiger partial charge in [-0.2, -0.15) is 0 Å². The van der Waals surface area contributed by atoms with E-state index in [1.165, 1.54) is 49.7 Å². The molecule has 1 fully saturated rings. The Morgan fingerprint density at radius 1 is 0.846 bits per heavy atom. The van der Waals surface area contributed by atoms with Gasteiger partial charge in [-0.1, -0.05) is 49.2 Å². The molecule has 1 aliphatic heterocycles. The van der Waals surface area contributed by atoms with Crippen LogP contribution in [0, 0.1) is 0 Å². The average molecular weight is 349 g/mol. The molecule has 2 aliphatic rings. The lowest BCUT2D eigenvalue weighted by atomic mass is 10.0. The summed E-state index contributed by atoms with van der Waals surface area (Å²) in [4.78, 5) is 15.3. The maximum absolute atomic E-state index is 13.3. The van der Waals surface area contributed by atoms with Crippen molar-refractivity contribution in [2.45, 2.75) is 57.4 Å². The molecule has 0 aromatic heterocycles. The molecule has 0 radical (unpaired) electrons. The van der Waals surface area contributed by atoms with Gasteiger partial charge in [0, 0.05) is 0 Å². The Bertz CT molecular complexity index is 715. The molecule has 1 saturated carbocycles. The van der Waals surface area contributed by atoms with E-state index in [2.05, 4.69) is 41.7 Å². The highest BCUT2D eigenvalue weighted by Crippen LogP contribution is 2.35. The molecule has 26 heavy (non-hydrogen) atoms. The summed E-state index contributed by atoms with van der Waals surface area (Å²) in [5.41, 5.74) is 4.67. The summed E-state index contributed by atoms with van der Waals surface area (Å²) in [6.07, 6.45) is 9.80. The molecule has 2 aromatic carbocycles. The molecule has 136 valence electrons. The Morgan fingerprint density at radius 2 is 1.38 bits per heavy atom. The van der Waals surface area contributed by atoms with Gasteiger partial charge in [0.1, 0.15) is 0 Å². The number of rotatable bonds is 3. The Balaban J connectivity index is 1.58. The zero-order valence-corrected chi connectivity index (χ0v) is 15.5. The molecule has 2 aromatic rings. The van der Waals surface area contributed by atoms with Crippen LogP contribution in [0.1, 0.15) is 49.7 Å². The van der Waals surface area contributed by atoms with Crippen molar-refractivity contribution >= 4 is 17.3 Å². The number of fused-ring (bicyclic) bond motifs is 2. The van der Waals surface area contributed by atoms with Crippen LogP contribution in [0.2, 0.25) is 0 Å². The van der Waals surface area contributed by atoms with Gasteiger partial charge in [0.25, 0.3) is 5.91 Å². The third-order valence-corrected chi connectivity index (χ3v) is 5.90. The largest absolute Gasteiger partial charge is 0.336 e. The van der Waals surface area contributed by atoms with Crippen molar-refractivity contribution in [1.29, 1.82) is 0 Å². The Labute approximate surface area is 156 Å². The molecule has 3 heteroatoms. The Morgan fingerprint density at radius 3 is 1.96 bits per heavy atom. The number of hydrogen-bond acceptors (Lipinski definition) is 1. The molecule has 2 N–H and O–H groups in total. The van der Waals surface area contributed by atoms with E-state index in [4.69, 9.17) is 0 Å². The fourth-order valence-electron chi connectivity index (χ4n) is 4.45. The van der Waals surface area contributed by atoms with Gasteiger partial charge in [0.05, 0.1) is 17.4 Å². The van der Waals surface area contributed by atoms with Crippen LogP contribution >= 0.6 is 0 Å². The second-order valence-corrected chi connectivity index (χ2v) is 7.68. The van der Waals surface area contributed by atoms with Gasteiger partial charge in [0.15, 0.2) is 6.54 Å². The first kappa shape index (κ1) is 17.3. The molecule has 0 spiro atoms. The molecule has 1 heterocycles. The van der Waals surface area contributed by atoms with Crippen LogP contribution in [0.15, 0.2) is 48.5 Å². The number of nitrogens with two attached hydrogens (primary N) is 1. The van der Waals surface area contributed by atoms with Crippen LogP contribution in [-0.4, -0.2) is 18.5 Å². The van der Waals surface area contributed by atoms with Gasteiger partial charge < -0.3 is 5.32 Å². The van der Waals surface area contributed by atoms with E-state index in [0.717, 1.165) is 24.2 Å². The summed E-state index contributed by atoms with van der Waals surface area (Å²) in [5, 5.41) is 2.30. The Hall–Kier alpha value is -2.13. The molecule has 4 rings (SSSR count). The van der Waals surface area contributed by atoms with Gasteiger partial charge >= 0.3 is 0 Å². The number of anilines is 2. The predicted octanol–water partition coefficient (Wildman–Crippen LogP) is 3.74. The molecule has 0 unspecified atom stereocenters. The molecule has 0 bridgehead atoms. The van der Waals surface area contributed by atoms with E-state index in [-0.39, 0.29) is 5.91 Å². The summed E-state index contributed by atoms with van der Waals surface area (Å²) in [6, 6.07) is 17.4. The van der Waals surface area contributed by atoms with Gasteiger partial charge in [-0.05, 0) is 61.8 Å². The van der Waals surface area contributed by atoms with E-state index in [9.17, 15) is 4.79 Å². The molecule has 0 atom stereocenters. The topological polar surface area (TPSA) is 36.9 Å². The number of hydrogen-bond donors (Lipinski definition) is 1. The van der Waals surface area contributed by atoms with Crippen molar-refractivity contribution in [3.8, 4) is 0 Å². The quantitative estimate of drug-likeness (QED) is 0.842. The lowest BCUT2D eigenvalue weighted by Gasteiger charge is -2.25. The first-order valence-electron chi connectivity index (χ1n) is 10.1. The number of nitrogens with zero attached hydrogens (tertiary/aromatic N) is 1.